The van der Waals surface area contributed by atoms with Crippen LogP contribution in [-0.4, -0.2) is 48.9 Å². The number of hydrogen-bond acceptors (Lipinski definition) is 11. The van der Waals surface area contributed by atoms with Gasteiger partial charge in [-0.2, -0.15) is 10.5 Å². The Morgan fingerprint density at radius 3 is 2.17 bits per heavy atom. The van der Waals surface area contributed by atoms with Gasteiger partial charge in [0.05, 0.1) is 37.1 Å². The number of azo groups is 1. The first-order valence-corrected chi connectivity index (χ1v) is 8.72. The lowest BCUT2D eigenvalue weighted by molar-refractivity contribution is -0.215. The van der Waals surface area contributed by atoms with Crippen LogP contribution in [0.5, 0.6) is 5.75 Å². The lowest BCUT2D eigenvalue weighted by Crippen LogP contribution is -2.29. The predicted molar refractivity (Wildman–Crippen MR) is 107 cm³/mol. The number of benzene rings is 2. The quantitative estimate of drug-likeness (QED) is 0.260. The standard InChI is InChI=1S/C19H20N6O5/c1-29-18-10-16(25(4-6-26)5-7-27)2-3-17(18)22-23-19-13(11-20)8-15(24-30-28)9-14(19)12-21/h2-3,8-10,24,26-28H,4-7H2,1H3. The van der Waals surface area contributed by atoms with E-state index in [-0.39, 0.29) is 35.7 Å². The normalized spacial score (nSPS) is 10.5. The summed E-state index contributed by atoms with van der Waals surface area (Å²) in [5.74, 6) is 0.376. The van der Waals surface area contributed by atoms with Gasteiger partial charge in [0.25, 0.3) is 0 Å². The highest BCUT2D eigenvalue weighted by Gasteiger charge is 2.13. The minimum atomic E-state index is -0.0795. The Balaban J connectivity index is 2.43. The van der Waals surface area contributed by atoms with Crippen molar-refractivity contribution >= 4 is 22.7 Å². The van der Waals surface area contributed by atoms with Gasteiger partial charge in [0.15, 0.2) is 0 Å². The van der Waals surface area contributed by atoms with Crippen LogP contribution in [0.25, 0.3) is 0 Å². The van der Waals surface area contributed by atoms with Crippen LogP contribution in [-0.2, 0) is 4.99 Å². The maximum absolute atomic E-state index is 9.36. The first-order valence-electron chi connectivity index (χ1n) is 8.72. The lowest BCUT2D eigenvalue weighted by Gasteiger charge is -2.23. The Morgan fingerprint density at radius 1 is 1.03 bits per heavy atom. The van der Waals surface area contributed by atoms with Gasteiger partial charge < -0.3 is 19.8 Å². The van der Waals surface area contributed by atoms with Crippen molar-refractivity contribution in [2.24, 2.45) is 10.2 Å². The average molecular weight is 412 g/mol. The van der Waals surface area contributed by atoms with Crippen molar-refractivity contribution in [3.63, 3.8) is 0 Å². The molecule has 156 valence electrons. The average Bonchev–Trinajstić information content (AvgIpc) is 2.77. The fourth-order valence-electron chi connectivity index (χ4n) is 2.69. The Hall–Kier alpha value is -3.74. The van der Waals surface area contributed by atoms with Gasteiger partial charge in [-0.05, 0) is 24.3 Å². The van der Waals surface area contributed by atoms with E-state index in [1.807, 2.05) is 12.1 Å². The molecule has 2 aromatic rings. The van der Waals surface area contributed by atoms with E-state index < -0.39 is 0 Å². The van der Waals surface area contributed by atoms with E-state index in [9.17, 15) is 20.7 Å². The molecule has 0 aliphatic heterocycles. The number of nitrogens with one attached hydrogen (secondary N) is 1. The largest absolute Gasteiger partial charge is 0.494 e. The maximum atomic E-state index is 9.36. The van der Waals surface area contributed by atoms with E-state index in [0.717, 1.165) is 0 Å². The minimum absolute atomic E-state index is 0.0463. The number of aliphatic hydroxyl groups excluding tert-OH is 2. The first kappa shape index (κ1) is 22.5. The Morgan fingerprint density at radius 2 is 1.67 bits per heavy atom. The summed E-state index contributed by atoms with van der Waals surface area (Å²) in [4.78, 5) is 5.59. The third-order valence-corrected chi connectivity index (χ3v) is 4.04. The van der Waals surface area contributed by atoms with Crippen molar-refractivity contribution in [1.29, 1.82) is 10.5 Å². The van der Waals surface area contributed by atoms with Crippen molar-refractivity contribution in [2.75, 3.05) is 43.8 Å². The molecule has 30 heavy (non-hydrogen) atoms. The molecule has 0 aliphatic carbocycles. The SMILES string of the molecule is COc1cc(N(CCO)CCO)ccc1N=Nc1c(C#N)cc(NOO)cc1C#N. The summed E-state index contributed by atoms with van der Waals surface area (Å²) in [6.45, 7) is 0.507. The van der Waals surface area contributed by atoms with Crippen molar-refractivity contribution in [3.05, 3.63) is 41.5 Å². The van der Waals surface area contributed by atoms with Crippen LogP contribution >= 0.6 is 0 Å². The van der Waals surface area contributed by atoms with Crippen LogP contribution in [0.4, 0.5) is 22.7 Å². The molecule has 0 aliphatic rings. The Bertz CT molecular complexity index is 941. The molecule has 0 spiro atoms. The Kier molecular flexibility index (Phi) is 8.50. The van der Waals surface area contributed by atoms with Crippen LogP contribution in [0.15, 0.2) is 40.6 Å². The fraction of sp³-hybridized carbons (Fsp3) is 0.263. The van der Waals surface area contributed by atoms with Gasteiger partial charge in [-0.3, -0.25) is 0 Å². The molecule has 0 bridgehead atoms. The first-order chi connectivity index (χ1) is 14.6. The third-order valence-electron chi connectivity index (χ3n) is 4.04. The number of nitriles is 2. The van der Waals surface area contributed by atoms with Gasteiger partial charge in [-0.25, -0.2) is 10.7 Å². The van der Waals surface area contributed by atoms with E-state index in [2.05, 4.69) is 20.7 Å². The van der Waals surface area contributed by atoms with Crippen molar-refractivity contribution in [2.45, 2.75) is 0 Å². The number of aliphatic hydroxyl groups is 2. The molecule has 2 rings (SSSR count). The van der Waals surface area contributed by atoms with Gasteiger partial charge in [0.1, 0.15) is 29.3 Å². The summed E-state index contributed by atoms with van der Waals surface area (Å²) in [6, 6.07) is 11.6. The highest BCUT2D eigenvalue weighted by atomic mass is 17.2. The maximum Gasteiger partial charge on any atom is 0.148 e. The Labute approximate surface area is 172 Å². The van der Waals surface area contributed by atoms with Crippen LogP contribution < -0.4 is 15.1 Å². The predicted octanol–water partition coefficient (Wildman–Crippen LogP) is 2.46. The van der Waals surface area contributed by atoms with Crippen LogP contribution in [0.2, 0.25) is 0 Å². The van der Waals surface area contributed by atoms with Crippen LogP contribution in [0.1, 0.15) is 11.1 Å². The summed E-state index contributed by atoms with van der Waals surface area (Å²) in [7, 11) is 1.46. The highest BCUT2D eigenvalue weighted by Crippen LogP contribution is 2.35. The third kappa shape index (κ3) is 5.41. The van der Waals surface area contributed by atoms with E-state index in [0.29, 0.717) is 30.2 Å². The molecule has 11 nitrogen and oxygen atoms in total. The minimum Gasteiger partial charge on any atom is -0.494 e. The van der Waals surface area contributed by atoms with E-state index >= 15 is 0 Å². The van der Waals surface area contributed by atoms with Crippen LogP contribution in [0, 0.1) is 22.7 Å². The molecule has 0 unspecified atom stereocenters. The van der Waals surface area contributed by atoms with Crippen LogP contribution in [0.3, 0.4) is 0 Å². The molecule has 0 fully saturated rings. The lowest BCUT2D eigenvalue weighted by atomic mass is 10.1. The zero-order chi connectivity index (χ0) is 21.9. The summed E-state index contributed by atoms with van der Waals surface area (Å²) in [6.07, 6.45) is 0. The number of nitrogens with zero attached hydrogens (tertiary/aromatic N) is 5. The molecule has 0 amide bonds. The molecule has 4 N–H and O–H groups in total. The number of rotatable bonds is 10. The molecule has 0 radical (unpaired) electrons. The van der Waals surface area contributed by atoms with E-state index in [4.69, 9.17) is 9.99 Å². The molecular formula is C19H20N6O5. The van der Waals surface area contributed by atoms with Gasteiger partial charge in [-0.1, -0.05) is 0 Å². The van der Waals surface area contributed by atoms with E-state index in [1.165, 1.54) is 19.2 Å². The van der Waals surface area contributed by atoms with Gasteiger partial charge in [-0.15, -0.1) is 15.2 Å². The second kappa shape index (κ2) is 11.3. The molecule has 0 saturated heterocycles. The molecule has 0 atom stereocenters. The summed E-state index contributed by atoms with van der Waals surface area (Å²) in [5.41, 5.74) is 3.54. The number of methoxy groups -OCH3 is 1. The molecule has 0 aromatic heterocycles. The number of anilines is 2. The molecule has 0 saturated carbocycles. The molecule has 11 heteroatoms. The smallest absolute Gasteiger partial charge is 0.148 e. The number of ether oxygens (including phenoxy) is 1. The number of hydrogen-bond donors (Lipinski definition) is 4. The van der Waals surface area contributed by atoms with Crippen molar-refractivity contribution in [3.8, 4) is 17.9 Å². The van der Waals surface area contributed by atoms with Gasteiger partial charge in [0.2, 0.25) is 0 Å². The monoisotopic (exact) mass is 412 g/mol. The molecule has 2 aromatic carbocycles. The zero-order valence-electron chi connectivity index (χ0n) is 16.1. The summed E-state index contributed by atoms with van der Waals surface area (Å²) in [5, 5.41) is 53.8. The highest BCUT2D eigenvalue weighted by molar-refractivity contribution is 5.69. The fourth-order valence-corrected chi connectivity index (χ4v) is 2.69. The zero-order valence-corrected chi connectivity index (χ0v) is 16.1. The van der Waals surface area contributed by atoms with E-state index in [1.54, 1.807) is 23.1 Å². The van der Waals surface area contributed by atoms with Gasteiger partial charge >= 0.3 is 0 Å². The summed E-state index contributed by atoms with van der Waals surface area (Å²) < 4.78 is 5.36. The second-order valence-corrected chi connectivity index (χ2v) is 5.83. The summed E-state index contributed by atoms with van der Waals surface area (Å²) >= 11 is 0. The topological polar surface area (TPSA) is 167 Å². The van der Waals surface area contributed by atoms with Crippen molar-refractivity contribution in [1.82, 2.24) is 0 Å². The van der Waals surface area contributed by atoms with Crippen molar-refractivity contribution < 1.29 is 25.2 Å². The molecule has 0 heterocycles. The second-order valence-electron chi connectivity index (χ2n) is 5.83. The van der Waals surface area contributed by atoms with Gasteiger partial charge in [0, 0.05) is 24.8 Å². The molecular weight excluding hydrogens is 392 g/mol.